The summed E-state index contributed by atoms with van der Waals surface area (Å²) in [6, 6.07) is 9.86. The first-order valence-electron chi connectivity index (χ1n) is 17.0. The maximum Gasteiger partial charge on any atom is 0.293 e. The molecule has 1 saturated carbocycles. The number of aryl methyl sites for hydroxylation is 1. The average molecular weight is 815 g/mol. The summed E-state index contributed by atoms with van der Waals surface area (Å²) < 4.78 is 117. The summed E-state index contributed by atoms with van der Waals surface area (Å²) >= 11 is 6.62. The fourth-order valence-corrected chi connectivity index (χ4v) is 8.37. The molecule has 2 aliphatic rings. The Morgan fingerprint density at radius 2 is 1.77 bits per heavy atom. The standard InChI is InChI=1S/C37H29ClF6N8O3S/c1-51-33-22(5-6-26(38)30(33)36(49-51)50-56(2,54)55)23-11-19(18-4-3-7-45-14-18)15-46-31(23)27(10-17-8-20(39)12-21(40)9-17)47-28(53)16-52-34-29(32(48-52)35(41)42)24-13-25(24)37(34,43)44/h3-9,11-12,14-15,24-25,27,35H,10,13,16H2,1-2H3,(H,47,53)(H,49,50)/t24-,25?,27-/m0/s1. The van der Waals surface area contributed by atoms with Crippen LogP contribution in [0.4, 0.5) is 32.2 Å². The van der Waals surface area contributed by atoms with Crippen molar-refractivity contribution in [3.8, 4) is 22.3 Å². The number of rotatable bonds is 11. The number of fused-ring (bicyclic) bond motifs is 4. The number of benzene rings is 2. The summed E-state index contributed by atoms with van der Waals surface area (Å²) in [4.78, 5) is 22.8. The van der Waals surface area contributed by atoms with Crippen LogP contribution in [0.5, 0.6) is 0 Å². The molecule has 1 amide bonds. The molecule has 2 N–H and O–H groups in total. The molecule has 4 heterocycles. The number of hydrogen-bond donors (Lipinski definition) is 2. The second-order valence-corrected chi connectivity index (χ2v) is 16.0. The van der Waals surface area contributed by atoms with E-state index < -0.39 is 75.7 Å². The van der Waals surface area contributed by atoms with Crippen molar-refractivity contribution in [1.29, 1.82) is 0 Å². The van der Waals surface area contributed by atoms with Crippen LogP contribution >= 0.6 is 11.6 Å². The average Bonchev–Trinajstić information content (AvgIpc) is 3.66. The molecule has 2 aliphatic carbocycles. The number of amides is 1. The minimum atomic E-state index is -3.82. The molecule has 0 aliphatic heterocycles. The van der Waals surface area contributed by atoms with Crippen LogP contribution in [0, 0.1) is 17.6 Å². The maximum atomic E-state index is 15.4. The molecule has 1 unspecified atom stereocenters. The number of pyridine rings is 2. The highest BCUT2D eigenvalue weighted by Gasteiger charge is 2.67. The van der Waals surface area contributed by atoms with Crippen molar-refractivity contribution in [2.45, 2.75) is 43.7 Å². The summed E-state index contributed by atoms with van der Waals surface area (Å²) in [7, 11) is -2.26. The van der Waals surface area contributed by atoms with E-state index in [9.17, 15) is 30.8 Å². The van der Waals surface area contributed by atoms with Gasteiger partial charge >= 0.3 is 0 Å². The van der Waals surface area contributed by atoms with Crippen molar-refractivity contribution in [3.63, 3.8) is 0 Å². The molecule has 0 spiro atoms. The zero-order valence-electron chi connectivity index (χ0n) is 29.2. The first kappa shape index (κ1) is 37.4. The number of carbonyl (C=O) groups is 1. The van der Waals surface area contributed by atoms with Gasteiger partial charge in [-0.1, -0.05) is 23.7 Å². The van der Waals surface area contributed by atoms with Crippen molar-refractivity contribution in [2.75, 3.05) is 11.0 Å². The molecule has 19 heteroatoms. The van der Waals surface area contributed by atoms with E-state index in [4.69, 9.17) is 16.6 Å². The van der Waals surface area contributed by atoms with Crippen molar-refractivity contribution in [1.82, 2.24) is 34.8 Å². The summed E-state index contributed by atoms with van der Waals surface area (Å²) in [6.07, 6.45) is 2.19. The zero-order valence-corrected chi connectivity index (χ0v) is 30.8. The Balaban J connectivity index is 1.28. The number of nitrogens with zero attached hydrogens (tertiary/aromatic N) is 6. The molecule has 0 radical (unpaired) electrons. The Morgan fingerprint density at radius 3 is 2.45 bits per heavy atom. The monoisotopic (exact) mass is 814 g/mol. The minimum Gasteiger partial charge on any atom is -0.346 e. The molecule has 56 heavy (non-hydrogen) atoms. The fourth-order valence-electron chi connectivity index (χ4n) is 7.64. The number of carbonyl (C=O) groups excluding carboxylic acids is 1. The quantitative estimate of drug-likeness (QED) is 0.130. The van der Waals surface area contributed by atoms with E-state index in [2.05, 4.69) is 25.2 Å². The van der Waals surface area contributed by atoms with Crippen molar-refractivity contribution < 1.29 is 39.6 Å². The predicted octanol–water partition coefficient (Wildman–Crippen LogP) is 7.44. The molecule has 290 valence electrons. The Bertz CT molecular complexity index is 2650. The van der Waals surface area contributed by atoms with Crippen LogP contribution in [0.25, 0.3) is 33.2 Å². The molecule has 4 aromatic heterocycles. The molecule has 1 fully saturated rings. The van der Waals surface area contributed by atoms with Crippen molar-refractivity contribution >= 4 is 44.3 Å². The second kappa shape index (κ2) is 13.6. The van der Waals surface area contributed by atoms with Crippen LogP contribution < -0.4 is 10.0 Å². The summed E-state index contributed by atoms with van der Waals surface area (Å²) in [5.74, 6) is -8.23. The summed E-state index contributed by atoms with van der Waals surface area (Å²) in [5, 5.41) is 11.2. The molecule has 2 aromatic carbocycles. The van der Waals surface area contributed by atoms with Crippen LogP contribution in [-0.2, 0) is 40.8 Å². The van der Waals surface area contributed by atoms with E-state index in [-0.39, 0.29) is 45.9 Å². The van der Waals surface area contributed by atoms with Crippen LogP contribution in [-0.4, -0.2) is 50.1 Å². The van der Waals surface area contributed by atoms with Crippen LogP contribution in [0.2, 0.25) is 5.02 Å². The predicted molar refractivity (Wildman–Crippen MR) is 194 cm³/mol. The van der Waals surface area contributed by atoms with Gasteiger partial charge in [0.2, 0.25) is 15.9 Å². The molecule has 3 atom stereocenters. The first-order chi connectivity index (χ1) is 26.5. The van der Waals surface area contributed by atoms with Gasteiger partial charge in [0, 0.05) is 65.4 Å². The Labute approximate surface area is 319 Å². The molecular formula is C37H29ClF6N8O3S. The molecular weight excluding hydrogens is 786 g/mol. The van der Waals surface area contributed by atoms with Gasteiger partial charge in [0.05, 0.1) is 33.9 Å². The minimum absolute atomic E-state index is 0.0355. The number of halogens is 7. The molecule has 0 bridgehead atoms. The van der Waals surface area contributed by atoms with Gasteiger partial charge in [0.15, 0.2) is 5.82 Å². The van der Waals surface area contributed by atoms with Crippen LogP contribution in [0.3, 0.4) is 0 Å². The lowest BCUT2D eigenvalue weighted by Crippen LogP contribution is -2.35. The van der Waals surface area contributed by atoms with Gasteiger partial charge in [-0.25, -0.2) is 26.0 Å². The number of aromatic nitrogens is 6. The number of sulfonamides is 1. The zero-order chi connectivity index (χ0) is 39.8. The van der Waals surface area contributed by atoms with Crippen molar-refractivity contribution in [3.05, 3.63) is 112 Å². The van der Waals surface area contributed by atoms with Gasteiger partial charge in [-0.15, -0.1) is 0 Å². The molecule has 0 saturated heterocycles. The van der Waals surface area contributed by atoms with Gasteiger partial charge < -0.3 is 5.32 Å². The Hall–Kier alpha value is -5.49. The maximum absolute atomic E-state index is 15.4. The fraction of sp³-hybridized carbons (Fsp3) is 0.270. The Kier molecular flexibility index (Phi) is 9.10. The lowest BCUT2D eigenvalue weighted by atomic mass is 9.92. The van der Waals surface area contributed by atoms with Crippen LogP contribution in [0.15, 0.2) is 67.1 Å². The topological polar surface area (TPSA) is 137 Å². The highest BCUT2D eigenvalue weighted by atomic mass is 35.5. The molecule has 11 nitrogen and oxygen atoms in total. The number of alkyl halides is 4. The van der Waals surface area contributed by atoms with E-state index in [1.54, 1.807) is 43.7 Å². The highest BCUT2D eigenvalue weighted by molar-refractivity contribution is 7.92. The van der Waals surface area contributed by atoms with E-state index >= 15 is 8.78 Å². The normalized spacial score (nSPS) is 17.5. The number of hydrogen-bond acceptors (Lipinski definition) is 7. The van der Waals surface area contributed by atoms with Gasteiger partial charge in [-0.05, 0) is 54.7 Å². The van der Waals surface area contributed by atoms with Gasteiger partial charge in [0.25, 0.3) is 12.3 Å². The third kappa shape index (κ3) is 6.73. The first-order valence-corrected chi connectivity index (χ1v) is 19.3. The third-order valence-electron chi connectivity index (χ3n) is 9.91. The second-order valence-electron chi connectivity index (χ2n) is 13.8. The van der Waals surface area contributed by atoms with Gasteiger partial charge in [0.1, 0.15) is 29.6 Å². The van der Waals surface area contributed by atoms with Gasteiger partial charge in [-0.2, -0.15) is 19.0 Å². The van der Waals surface area contributed by atoms with E-state index in [1.165, 1.54) is 16.9 Å². The summed E-state index contributed by atoms with van der Waals surface area (Å²) in [5.41, 5.74) is 0.690. The lowest BCUT2D eigenvalue weighted by Gasteiger charge is -2.23. The SMILES string of the molecule is Cn1nc(NS(C)(=O)=O)c2c(Cl)ccc(-c3cc(-c4cccnc4)cnc3[C@H](Cc3cc(F)cc(F)c3)NC(=O)Cn3nc(C(F)F)c4c3C(F)(F)C3C[C@H]43)c21. The van der Waals surface area contributed by atoms with E-state index in [0.717, 1.165) is 18.4 Å². The number of nitrogens with one attached hydrogen (secondary N) is 2. The summed E-state index contributed by atoms with van der Waals surface area (Å²) in [6.45, 7) is -0.880. The van der Waals surface area contributed by atoms with Gasteiger partial charge in [-0.3, -0.25) is 28.8 Å². The van der Waals surface area contributed by atoms with Crippen LogP contribution in [0.1, 0.15) is 53.0 Å². The Morgan fingerprint density at radius 1 is 1.02 bits per heavy atom. The number of anilines is 1. The highest BCUT2D eigenvalue weighted by Crippen LogP contribution is 2.68. The third-order valence-corrected chi connectivity index (χ3v) is 10.8. The largest absolute Gasteiger partial charge is 0.346 e. The molecule has 6 aromatic rings. The lowest BCUT2D eigenvalue weighted by molar-refractivity contribution is -0.123. The van der Waals surface area contributed by atoms with E-state index in [1.807, 2.05) is 0 Å². The smallest absolute Gasteiger partial charge is 0.293 e. The van der Waals surface area contributed by atoms with Crippen molar-refractivity contribution in [2.24, 2.45) is 13.0 Å². The van der Waals surface area contributed by atoms with E-state index in [0.29, 0.717) is 38.5 Å². The molecule has 8 rings (SSSR count).